The normalized spacial score (nSPS) is 27.5. The molecule has 0 aromatic carbocycles. The highest BCUT2D eigenvalue weighted by atomic mass is 16.2. The van der Waals surface area contributed by atoms with Gasteiger partial charge in [0.25, 0.3) is 5.91 Å². The standard InChI is InChI=1S/C18H26N4O2/c1-20(2)17(24)18-7-12-21(3)15(18)6-11-22(13-8-18)16(23)14-4-9-19-10-5-14/h4-5,9-10,15H,6-8,11-13H2,1-3H3/t15-,18-/m0/s1. The summed E-state index contributed by atoms with van der Waals surface area (Å²) >= 11 is 0. The zero-order valence-electron chi connectivity index (χ0n) is 14.7. The van der Waals surface area contributed by atoms with E-state index in [4.69, 9.17) is 0 Å². The topological polar surface area (TPSA) is 56.8 Å². The van der Waals surface area contributed by atoms with Crippen LogP contribution in [0.3, 0.4) is 0 Å². The van der Waals surface area contributed by atoms with Crippen molar-refractivity contribution in [2.45, 2.75) is 25.3 Å². The van der Waals surface area contributed by atoms with Gasteiger partial charge in [-0.1, -0.05) is 0 Å². The summed E-state index contributed by atoms with van der Waals surface area (Å²) in [7, 11) is 5.75. The lowest BCUT2D eigenvalue weighted by molar-refractivity contribution is -0.141. The van der Waals surface area contributed by atoms with E-state index in [-0.39, 0.29) is 23.3 Å². The minimum absolute atomic E-state index is 0.0347. The molecule has 1 aromatic heterocycles. The Balaban J connectivity index is 1.83. The third-order valence-corrected chi connectivity index (χ3v) is 5.63. The van der Waals surface area contributed by atoms with Crippen molar-refractivity contribution >= 4 is 11.8 Å². The number of hydrogen-bond donors (Lipinski definition) is 0. The summed E-state index contributed by atoms with van der Waals surface area (Å²) < 4.78 is 0. The van der Waals surface area contributed by atoms with Crippen molar-refractivity contribution in [2.24, 2.45) is 5.41 Å². The van der Waals surface area contributed by atoms with Crippen molar-refractivity contribution in [1.29, 1.82) is 0 Å². The Bertz CT molecular complexity index is 619. The quantitative estimate of drug-likeness (QED) is 0.815. The van der Waals surface area contributed by atoms with Crippen LogP contribution in [0.5, 0.6) is 0 Å². The summed E-state index contributed by atoms with van der Waals surface area (Å²) in [6, 6.07) is 3.71. The molecule has 1 aromatic rings. The van der Waals surface area contributed by atoms with E-state index in [0.717, 1.165) is 25.8 Å². The molecule has 2 saturated heterocycles. The molecule has 3 rings (SSSR count). The van der Waals surface area contributed by atoms with Gasteiger partial charge in [0.15, 0.2) is 0 Å². The molecule has 0 saturated carbocycles. The van der Waals surface area contributed by atoms with E-state index in [2.05, 4.69) is 16.9 Å². The molecule has 0 radical (unpaired) electrons. The van der Waals surface area contributed by atoms with E-state index in [1.807, 2.05) is 19.0 Å². The van der Waals surface area contributed by atoms with Gasteiger partial charge in [-0.2, -0.15) is 0 Å². The molecule has 0 N–H and O–H groups in total. The average molecular weight is 330 g/mol. The minimum Gasteiger partial charge on any atom is -0.348 e. The molecule has 2 amide bonds. The maximum Gasteiger partial charge on any atom is 0.253 e. The van der Waals surface area contributed by atoms with Gasteiger partial charge in [-0.25, -0.2) is 0 Å². The van der Waals surface area contributed by atoms with Gasteiger partial charge in [-0.3, -0.25) is 14.6 Å². The second-order valence-electron chi connectivity index (χ2n) is 7.17. The van der Waals surface area contributed by atoms with Gasteiger partial charge in [0.05, 0.1) is 5.41 Å². The zero-order chi connectivity index (χ0) is 17.3. The molecule has 2 atom stereocenters. The Hall–Kier alpha value is -1.95. The molecule has 2 aliphatic heterocycles. The molecule has 0 spiro atoms. The summed E-state index contributed by atoms with van der Waals surface area (Å²) in [5.41, 5.74) is 0.310. The number of likely N-dealkylation sites (tertiary alicyclic amines) is 2. The van der Waals surface area contributed by atoms with Crippen LogP contribution in [0.1, 0.15) is 29.6 Å². The SMILES string of the molecule is CN(C)C(=O)[C@@]12CCN(C(=O)c3ccncc3)CC[C@@H]1N(C)CC2. The van der Waals surface area contributed by atoms with Gasteiger partial charge in [0.2, 0.25) is 5.91 Å². The summed E-state index contributed by atoms with van der Waals surface area (Å²) in [6.07, 6.45) is 5.74. The lowest BCUT2D eigenvalue weighted by Crippen LogP contribution is -2.48. The highest BCUT2D eigenvalue weighted by molar-refractivity contribution is 5.94. The number of pyridine rings is 1. The van der Waals surface area contributed by atoms with Crippen LogP contribution >= 0.6 is 0 Å². The number of carbonyl (C=O) groups is 2. The molecule has 6 nitrogen and oxygen atoms in total. The zero-order valence-corrected chi connectivity index (χ0v) is 14.7. The second-order valence-corrected chi connectivity index (χ2v) is 7.17. The smallest absolute Gasteiger partial charge is 0.253 e. The van der Waals surface area contributed by atoms with E-state index in [9.17, 15) is 9.59 Å². The van der Waals surface area contributed by atoms with Crippen LogP contribution in [0.15, 0.2) is 24.5 Å². The molecule has 2 aliphatic rings. The molecule has 0 aliphatic carbocycles. The number of nitrogens with zero attached hydrogens (tertiary/aromatic N) is 4. The van der Waals surface area contributed by atoms with Crippen molar-refractivity contribution in [3.05, 3.63) is 30.1 Å². The van der Waals surface area contributed by atoms with E-state index in [1.165, 1.54) is 0 Å². The minimum atomic E-state index is -0.356. The van der Waals surface area contributed by atoms with Crippen molar-refractivity contribution in [3.63, 3.8) is 0 Å². The Morgan fingerprint density at radius 2 is 1.83 bits per heavy atom. The molecule has 0 bridgehead atoms. The number of amides is 2. The summed E-state index contributed by atoms with van der Waals surface area (Å²) in [5, 5.41) is 0. The Kier molecular flexibility index (Phi) is 4.58. The Morgan fingerprint density at radius 3 is 2.50 bits per heavy atom. The number of rotatable bonds is 2. The van der Waals surface area contributed by atoms with Gasteiger partial charge in [-0.05, 0) is 45.0 Å². The first-order valence-electron chi connectivity index (χ1n) is 8.57. The Labute approximate surface area is 143 Å². The van der Waals surface area contributed by atoms with Crippen LogP contribution < -0.4 is 0 Å². The average Bonchev–Trinajstić information content (AvgIpc) is 2.80. The van der Waals surface area contributed by atoms with E-state index in [1.54, 1.807) is 29.4 Å². The van der Waals surface area contributed by atoms with Gasteiger partial charge in [-0.15, -0.1) is 0 Å². The maximum absolute atomic E-state index is 12.9. The number of fused-ring (bicyclic) bond motifs is 1. The first-order valence-corrected chi connectivity index (χ1v) is 8.57. The van der Waals surface area contributed by atoms with Gasteiger partial charge in [0.1, 0.15) is 0 Å². The highest BCUT2D eigenvalue weighted by Crippen LogP contribution is 2.44. The van der Waals surface area contributed by atoms with Crippen LogP contribution in [0, 0.1) is 5.41 Å². The Morgan fingerprint density at radius 1 is 1.17 bits per heavy atom. The van der Waals surface area contributed by atoms with Crippen LogP contribution in [0.2, 0.25) is 0 Å². The van der Waals surface area contributed by atoms with Gasteiger partial charge < -0.3 is 14.7 Å². The first-order chi connectivity index (χ1) is 11.5. The fraction of sp³-hybridized carbons (Fsp3) is 0.611. The fourth-order valence-corrected chi connectivity index (χ4v) is 4.31. The predicted molar refractivity (Wildman–Crippen MR) is 91.5 cm³/mol. The van der Waals surface area contributed by atoms with Gasteiger partial charge in [0, 0.05) is 51.2 Å². The molecular weight excluding hydrogens is 304 g/mol. The van der Waals surface area contributed by atoms with Crippen molar-refractivity contribution in [2.75, 3.05) is 40.8 Å². The third-order valence-electron chi connectivity index (χ3n) is 5.63. The van der Waals surface area contributed by atoms with Crippen molar-refractivity contribution in [3.8, 4) is 0 Å². The summed E-state index contributed by atoms with van der Waals surface area (Å²) in [4.78, 5) is 35.6. The van der Waals surface area contributed by atoms with Gasteiger partial charge >= 0.3 is 0 Å². The van der Waals surface area contributed by atoms with Crippen molar-refractivity contribution < 1.29 is 9.59 Å². The fourth-order valence-electron chi connectivity index (χ4n) is 4.31. The molecule has 2 fully saturated rings. The molecule has 3 heterocycles. The van der Waals surface area contributed by atoms with Crippen LogP contribution in [-0.4, -0.2) is 78.3 Å². The molecular formula is C18H26N4O2. The molecule has 6 heteroatoms. The van der Waals surface area contributed by atoms with Crippen LogP contribution in [0.25, 0.3) is 0 Å². The predicted octanol–water partition coefficient (Wildman–Crippen LogP) is 1.10. The maximum atomic E-state index is 12.9. The van der Waals surface area contributed by atoms with E-state index >= 15 is 0 Å². The monoisotopic (exact) mass is 330 g/mol. The first kappa shape index (κ1) is 16.9. The lowest BCUT2D eigenvalue weighted by atomic mass is 9.75. The number of hydrogen-bond acceptors (Lipinski definition) is 4. The summed E-state index contributed by atoms with van der Waals surface area (Å²) in [6.45, 7) is 2.27. The third kappa shape index (κ3) is 2.79. The van der Waals surface area contributed by atoms with E-state index < -0.39 is 0 Å². The molecule has 0 unspecified atom stereocenters. The number of aromatic nitrogens is 1. The number of carbonyl (C=O) groups excluding carboxylic acids is 2. The van der Waals surface area contributed by atoms with Crippen LogP contribution in [0.4, 0.5) is 0 Å². The molecule has 130 valence electrons. The highest BCUT2D eigenvalue weighted by Gasteiger charge is 2.53. The van der Waals surface area contributed by atoms with E-state index in [0.29, 0.717) is 18.7 Å². The van der Waals surface area contributed by atoms with Crippen molar-refractivity contribution in [1.82, 2.24) is 19.7 Å². The second kappa shape index (κ2) is 6.51. The summed E-state index contributed by atoms with van der Waals surface area (Å²) in [5.74, 6) is 0.238. The van der Waals surface area contributed by atoms with Crippen LogP contribution in [-0.2, 0) is 4.79 Å². The largest absolute Gasteiger partial charge is 0.348 e. The lowest BCUT2D eigenvalue weighted by Gasteiger charge is -2.36. The molecule has 24 heavy (non-hydrogen) atoms.